The smallest absolute Gasteiger partial charge is 0.307 e. The summed E-state index contributed by atoms with van der Waals surface area (Å²) < 4.78 is 25.7. The van der Waals surface area contributed by atoms with E-state index in [0.717, 1.165) is 12.1 Å². The highest BCUT2D eigenvalue weighted by molar-refractivity contribution is 9.10. The van der Waals surface area contributed by atoms with E-state index >= 15 is 0 Å². The first-order valence-electron chi connectivity index (χ1n) is 3.36. The van der Waals surface area contributed by atoms with Crippen LogP contribution in [0.2, 0.25) is 0 Å². The van der Waals surface area contributed by atoms with Gasteiger partial charge in [0.25, 0.3) is 0 Å². The second-order valence-electron chi connectivity index (χ2n) is 2.43. The normalized spacial score (nSPS) is 10.1. The minimum Gasteiger partial charge on any atom is -0.481 e. The minimum absolute atomic E-state index is 0.0660. The molecule has 0 aliphatic carbocycles. The third kappa shape index (κ3) is 2.48. The number of carboxylic acid groups (broad SMARTS) is 1. The van der Waals surface area contributed by atoms with Gasteiger partial charge in [-0.2, -0.15) is 0 Å². The van der Waals surface area contributed by atoms with Gasteiger partial charge in [-0.3, -0.25) is 4.79 Å². The summed E-state index contributed by atoms with van der Waals surface area (Å²) in [5.74, 6) is -2.59. The van der Waals surface area contributed by atoms with Gasteiger partial charge in [-0.05, 0) is 28.1 Å². The zero-order valence-electron chi connectivity index (χ0n) is 6.35. The van der Waals surface area contributed by atoms with Crippen LogP contribution in [0, 0.1) is 11.6 Å². The second-order valence-corrected chi connectivity index (χ2v) is 3.29. The predicted molar refractivity (Wildman–Crippen MR) is 45.4 cm³/mol. The first-order valence-corrected chi connectivity index (χ1v) is 4.15. The van der Waals surface area contributed by atoms with Gasteiger partial charge in [0.05, 0.1) is 10.9 Å². The van der Waals surface area contributed by atoms with Gasteiger partial charge in [0.15, 0.2) is 0 Å². The number of benzene rings is 1. The lowest BCUT2D eigenvalue weighted by Crippen LogP contribution is -2.03. The fraction of sp³-hybridized carbons (Fsp3) is 0.125. The molecule has 5 heteroatoms. The van der Waals surface area contributed by atoms with E-state index in [4.69, 9.17) is 5.11 Å². The molecular formula is C8H5BrF2O2. The van der Waals surface area contributed by atoms with E-state index in [1.54, 1.807) is 0 Å². The maximum absolute atomic E-state index is 13.1. The average Bonchev–Trinajstić information content (AvgIpc) is 1.98. The second kappa shape index (κ2) is 3.83. The molecule has 0 atom stereocenters. The quantitative estimate of drug-likeness (QED) is 0.819. The van der Waals surface area contributed by atoms with Gasteiger partial charge in [0, 0.05) is 5.56 Å². The van der Waals surface area contributed by atoms with Gasteiger partial charge in [-0.25, -0.2) is 8.78 Å². The molecule has 1 aromatic rings. The van der Waals surface area contributed by atoms with Crippen LogP contribution >= 0.6 is 15.9 Å². The lowest BCUT2D eigenvalue weighted by molar-refractivity contribution is -0.136. The fourth-order valence-electron chi connectivity index (χ4n) is 0.901. The van der Waals surface area contributed by atoms with Crippen LogP contribution in [0.15, 0.2) is 16.6 Å². The molecule has 0 fully saturated rings. The Bertz CT molecular complexity index is 352. The van der Waals surface area contributed by atoms with E-state index in [0.29, 0.717) is 0 Å². The van der Waals surface area contributed by atoms with E-state index in [1.165, 1.54) is 0 Å². The Morgan fingerprint density at radius 3 is 2.62 bits per heavy atom. The lowest BCUT2D eigenvalue weighted by Gasteiger charge is -2.01. The summed E-state index contributed by atoms with van der Waals surface area (Å²) in [5, 5.41) is 8.37. The Morgan fingerprint density at radius 1 is 1.46 bits per heavy atom. The molecule has 1 N–H and O–H groups in total. The third-order valence-electron chi connectivity index (χ3n) is 1.41. The van der Waals surface area contributed by atoms with Gasteiger partial charge >= 0.3 is 5.97 Å². The van der Waals surface area contributed by atoms with Crippen molar-refractivity contribution >= 4 is 21.9 Å². The molecule has 70 valence electrons. The molecular weight excluding hydrogens is 246 g/mol. The number of aliphatic carboxylic acids is 1. The van der Waals surface area contributed by atoms with E-state index in [1.807, 2.05) is 0 Å². The van der Waals surface area contributed by atoms with Crippen LogP contribution in [-0.4, -0.2) is 11.1 Å². The summed E-state index contributed by atoms with van der Waals surface area (Å²) in [7, 11) is 0. The summed E-state index contributed by atoms with van der Waals surface area (Å²) in [6.07, 6.45) is -0.526. The van der Waals surface area contributed by atoms with Crippen LogP contribution in [0.25, 0.3) is 0 Å². The van der Waals surface area contributed by atoms with Crippen molar-refractivity contribution in [3.05, 3.63) is 33.8 Å². The maximum atomic E-state index is 13.1. The standard InChI is InChI=1S/C8H5BrF2O2/c9-6-3-5(10)1-4(8(6)11)2-7(12)13/h1,3H,2H2,(H,12,13). The van der Waals surface area contributed by atoms with Crippen LogP contribution < -0.4 is 0 Å². The molecule has 0 unspecified atom stereocenters. The molecule has 0 spiro atoms. The summed E-state index contributed by atoms with van der Waals surface area (Å²) in [5.41, 5.74) is -0.167. The predicted octanol–water partition coefficient (Wildman–Crippen LogP) is 2.35. The molecule has 0 radical (unpaired) electrons. The number of hydrogen-bond donors (Lipinski definition) is 1. The van der Waals surface area contributed by atoms with Crippen LogP contribution in [0.1, 0.15) is 5.56 Å². The SMILES string of the molecule is O=C(O)Cc1cc(F)cc(Br)c1F. The third-order valence-corrected chi connectivity index (χ3v) is 1.99. The number of carbonyl (C=O) groups is 1. The van der Waals surface area contributed by atoms with Crippen molar-refractivity contribution in [1.82, 2.24) is 0 Å². The molecule has 0 amide bonds. The van der Waals surface area contributed by atoms with Crippen molar-refractivity contribution in [2.45, 2.75) is 6.42 Å². The van der Waals surface area contributed by atoms with Gasteiger partial charge in [-0.1, -0.05) is 0 Å². The molecule has 13 heavy (non-hydrogen) atoms. The maximum Gasteiger partial charge on any atom is 0.307 e. The Morgan fingerprint density at radius 2 is 2.08 bits per heavy atom. The molecule has 0 saturated carbocycles. The van der Waals surface area contributed by atoms with Crippen molar-refractivity contribution in [3.63, 3.8) is 0 Å². The van der Waals surface area contributed by atoms with Crippen molar-refractivity contribution < 1.29 is 18.7 Å². The summed E-state index contributed by atoms with van der Waals surface area (Å²) >= 11 is 2.78. The highest BCUT2D eigenvalue weighted by Crippen LogP contribution is 2.21. The Hall–Kier alpha value is -0.970. The summed E-state index contributed by atoms with van der Waals surface area (Å²) in [6, 6.07) is 1.81. The zero-order chi connectivity index (χ0) is 10.0. The van der Waals surface area contributed by atoms with Gasteiger partial charge < -0.3 is 5.11 Å². The van der Waals surface area contributed by atoms with Gasteiger partial charge in [-0.15, -0.1) is 0 Å². The van der Waals surface area contributed by atoms with Gasteiger partial charge in [0.2, 0.25) is 0 Å². The number of halogens is 3. The molecule has 1 aromatic carbocycles. The van der Waals surface area contributed by atoms with Crippen LogP contribution in [0.5, 0.6) is 0 Å². The molecule has 0 saturated heterocycles. The number of carboxylic acids is 1. The van der Waals surface area contributed by atoms with Crippen LogP contribution in [0.3, 0.4) is 0 Å². The molecule has 0 heterocycles. The zero-order valence-corrected chi connectivity index (χ0v) is 7.94. The lowest BCUT2D eigenvalue weighted by atomic mass is 10.1. The highest BCUT2D eigenvalue weighted by Gasteiger charge is 2.11. The van der Waals surface area contributed by atoms with E-state index in [9.17, 15) is 13.6 Å². The van der Waals surface area contributed by atoms with Crippen LogP contribution in [-0.2, 0) is 11.2 Å². The highest BCUT2D eigenvalue weighted by atomic mass is 79.9. The Balaban J connectivity index is 3.12. The first kappa shape index (κ1) is 10.1. The molecule has 0 bridgehead atoms. The van der Waals surface area contributed by atoms with E-state index < -0.39 is 24.0 Å². The van der Waals surface area contributed by atoms with E-state index in [2.05, 4.69) is 15.9 Å². The summed E-state index contributed by atoms with van der Waals surface area (Å²) in [6.45, 7) is 0. The molecule has 1 rings (SSSR count). The van der Waals surface area contributed by atoms with Crippen molar-refractivity contribution in [2.24, 2.45) is 0 Å². The average molecular weight is 251 g/mol. The first-order chi connectivity index (χ1) is 6.00. The molecule has 2 nitrogen and oxygen atoms in total. The minimum atomic E-state index is -1.20. The van der Waals surface area contributed by atoms with Crippen LogP contribution in [0.4, 0.5) is 8.78 Å². The Kier molecular flexibility index (Phi) is 2.98. The topological polar surface area (TPSA) is 37.3 Å². The number of rotatable bonds is 2. The van der Waals surface area contributed by atoms with Gasteiger partial charge in [0.1, 0.15) is 11.6 Å². The molecule has 0 aliphatic heterocycles. The fourth-order valence-corrected chi connectivity index (χ4v) is 1.37. The van der Waals surface area contributed by atoms with Crippen molar-refractivity contribution in [2.75, 3.05) is 0 Å². The Labute approximate surface area is 81.3 Å². The molecule has 0 aliphatic rings. The van der Waals surface area contributed by atoms with Crippen molar-refractivity contribution in [3.8, 4) is 0 Å². The number of hydrogen-bond acceptors (Lipinski definition) is 1. The largest absolute Gasteiger partial charge is 0.481 e. The monoisotopic (exact) mass is 250 g/mol. The van der Waals surface area contributed by atoms with E-state index in [-0.39, 0.29) is 10.0 Å². The summed E-state index contributed by atoms with van der Waals surface area (Å²) in [4.78, 5) is 10.2. The molecule has 0 aromatic heterocycles. The van der Waals surface area contributed by atoms with Crippen molar-refractivity contribution in [1.29, 1.82) is 0 Å².